The van der Waals surface area contributed by atoms with Crippen LogP contribution in [0.1, 0.15) is 12.0 Å². The Morgan fingerprint density at radius 1 is 1.46 bits per heavy atom. The zero-order valence-corrected chi connectivity index (χ0v) is 14.0. The summed E-state index contributed by atoms with van der Waals surface area (Å²) >= 11 is 0. The van der Waals surface area contributed by atoms with Crippen molar-refractivity contribution in [1.29, 1.82) is 5.41 Å². The Morgan fingerprint density at radius 2 is 2.19 bits per heavy atom. The molecule has 1 fully saturated rings. The SMILES string of the molecule is N=C=[N+]1CCN(c2ccc(C3=NNC(=O)CC3CO)cc2[N+](=O)[O-])CC1. The molecule has 10 nitrogen and oxygen atoms in total. The predicted molar refractivity (Wildman–Crippen MR) is 92.9 cm³/mol. The summed E-state index contributed by atoms with van der Waals surface area (Å²) in [7, 11) is 0. The number of hydrazone groups is 1. The van der Waals surface area contributed by atoms with Crippen LogP contribution in [-0.2, 0) is 4.79 Å². The summed E-state index contributed by atoms with van der Waals surface area (Å²) in [6.07, 6.45) is 0.0902. The van der Waals surface area contributed by atoms with Crippen molar-refractivity contribution in [2.45, 2.75) is 6.42 Å². The Labute approximate surface area is 149 Å². The van der Waals surface area contributed by atoms with Gasteiger partial charge in [-0.1, -0.05) is 11.5 Å². The van der Waals surface area contributed by atoms with E-state index in [1.165, 1.54) is 6.07 Å². The minimum absolute atomic E-state index is 0.0499. The molecule has 0 spiro atoms. The Balaban J connectivity index is 1.94. The van der Waals surface area contributed by atoms with Crippen LogP contribution in [0.25, 0.3) is 0 Å². The quantitative estimate of drug-likeness (QED) is 0.301. The summed E-state index contributed by atoms with van der Waals surface area (Å²) in [5.74, 6) is -0.777. The molecule has 1 amide bonds. The zero-order chi connectivity index (χ0) is 18.7. The fourth-order valence-electron chi connectivity index (χ4n) is 3.19. The molecule has 10 heteroatoms. The first kappa shape index (κ1) is 17.7. The van der Waals surface area contributed by atoms with Crippen molar-refractivity contribution in [3.05, 3.63) is 33.9 Å². The van der Waals surface area contributed by atoms with Crippen LogP contribution in [0, 0.1) is 21.4 Å². The van der Waals surface area contributed by atoms with Gasteiger partial charge in [0.05, 0.1) is 30.3 Å². The average molecular weight is 359 g/mol. The monoisotopic (exact) mass is 359 g/mol. The number of rotatable bonds is 4. The van der Waals surface area contributed by atoms with E-state index in [0.717, 1.165) is 0 Å². The van der Waals surface area contributed by atoms with Gasteiger partial charge >= 0.3 is 6.01 Å². The molecule has 0 bridgehead atoms. The van der Waals surface area contributed by atoms with Crippen LogP contribution in [0.5, 0.6) is 0 Å². The van der Waals surface area contributed by atoms with E-state index in [9.17, 15) is 20.0 Å². The Hall–Kier alpha value is -3.10. The molecule has 0 aliphatic carbocycles. The summed E-state index contributed by atoms with van der Waals surface area (Å²) in [5, 5.41) is 32.2. The number of carbonyl (C=O) groups is 1. The van der Waals surface area contributed by atoms with Crippen LogP contribution in [0.15, 0.2) is 23.3 Å². The zero-order valence-electron chi connectivity index (χ0n) is 14.0. The Morgan fingerprint density at radius 3 is 2.81 bits per heavy atom. The first-order chi connectivity index (χ1) is 12.5. The minimum Gasteiger partial charge on any atom is -0.396 e. The number of hydrogen-bond donors (Lipinski definition) is 3. The molecule has 1 atom stereocenters. The van der Waals surface area contributed by atoms with Gasteiger partial charge in [-0.25, -0.2) is 10.0 Å². The molecule has 26 heavy (non-hydrogen) atoms. The lowest BCUT2D eigenvalue weighted by molar-refractivity contribution is -0.524. The van der Waals surface area contributed by atoms with Crippen molar-refractivity contribution in [2.24, 2.45) is 11.0 Å². The Bertz CT molecular complexity index is 820. The smallest absolute Gasteiger partial charge is 0.303 e. The maximum Gasteiger partial charge on any atom is 0.303 e. The molecule has 3 N–H and O–H groups in total. The molecule has 3 rings (SSSR count). The Kier molecular flexibility index (Phi) is 5.06. The van der Waals surface area contributed by atoms with Gasteiger partial charge in [0.25, 0.3) is 5.69 Å². The maximum absolute atomic E-state index is 11.6. The van der Waals surface area contributed by atoms with Crippen molar-refractivity contribution in [3.8, 4) is 0 Å². The molecular formula is C16H19N6O4+. The molecule has 0 aromatic heterocycles. The van der Waals surface area contributed by atoms with E-state index < -0.39 is 10.8 Å². The normalized spacial score (nSPS) is 20.3. The van der Waals surface area contributed by atoms with Crippen molar-refractivity contribution in [1.82, 2.24) is 5.43 Å². The van der Waals surface area contributed by atoms with Crippen LogP contribution >= 0.6 is 0 Å². The molecule has 1 aromatic rings. The fourth-order valence-corrected chi connectivity index (χ4v) is 3.19. The van der Waals surface area contributed by atoms with Crippen LogP contribution in [0.2, 0.25) is 0 Å². The molecule has 2 heterocycles. The van der Waals surface area contributed by atoms with Gasteiger partial charge in [-0.2, -0.15) is 5.10 Å². The standard InChI is InChI=1S/C16H18N6O4/c17-10-20-3-5-21(6-4-20)13-2-1-11(7-14(13)22(25)26)16-12(9-23)8-15(24)18-19-16/h1-2,7,12,17,23H,3-6,8-9H2/p+1. The number of hydrogen-bond acceptors (Lipinski definition) is 7. The first-order valence-corrected chi connectivity index (χ1v) is 8.22. The highest BCUT2D eigenvalue weighted by molar-refractivity contribution is 6.06. The summed E-state index contributed by atoms with van der Waals surface area (Å²) < 4.78 is 1.72. The second-order valence-electron chi connectivity index (χ2n) is 6.16. The average Bonchev–Trinajstić information content (AvgIpc) is 2.67. The van der Waals surface area contributed by atoms with Gasteiger partial charge in [-0.05, 0) is 6.07 Å². The molecule has 1 aromatic carbocycles. The third kappa shape index (κ3) is 3.46. The third-order valence-electron chi connectivity index (χ3n) is 4.59. The number of nitrogens with one attached hydrogen (secondary N) is 2. The number of aliphatic hydroxyl groups is 1. The van der Waals surface area contributed by atoms with Crippen molar-refractivity contribution < 1.29 is 19.4 Å². The van der Waals surface area contributed by atoms with Gasteiger partial charge in [0.2, 0.25) is 5.91 Å². The van der Waals surface area contributed by atoms with Gasteiger partial charge in [-0.15, -0.1) is 0 Å². The summed E-state index contributed by atoms with van der Waals surface area (Å²) in [6, 6.07) is 7.15. The van der Waals surface area contributed by atoms with Crippen LogP contribution < -0.4 is 10.3 Å². The summed E-state index contributed by atoms with van der Waals surface area (Å²) in [4.78, 5) is 24.5. The molecular weight excluding hydrogens is 340 g/mol. The van der Waals surface area contributed by atoms with Crippen LogP contribution in [0.4, 0.5) is 11.4 Å². The predicted octanol–water partition coefficient (Wildman–Crippen LogP) is 0.0125. The maximum atomic E-state index is 11.6. The lowest BCUT2D eigenvalue weighted by atomic mass is 9.92. The van der Waals surface area contributed by atoms with E-state index >= 15 is 0 Å². The molecule has 2 aliphatic heterocycles. The highest BCUT2D eigenvalue weighted by Gasteiger charge is 2.29. The number of nitro benzene ring substituents is 1. The number of nitro groups is 1. The fraction of sp³-hybridized carbons (Fsp3) is 0.438. The lowest BCUT2D eigenvalue weighted by Crippen LogP contribution is -2.42. The number of aliphatic hydroxyl groups excluding tert-OH is 1. The van der Waals surface area contributed by atoms with E-state index in [-0.39, 0.29) is 24.6 Å². The summed E-state index contributed by atoms with van der Waals surface area (Å²) in [5.41, 5.74) is 3.76. The number of nitrogens with zero attached hydrogens (tertiary/aromatic N) is 4. The van der Waals surface area contributed by atoms with Crippen LogP contribution in [0.3, 0.4) is 0 Å². The first-order valence-electron chi connectivity index (χ1n) is 8.22. The lowest BCUT2D eigenvalue weighted by Gasteiger charge is -2.28. The van der Waals surface area contributed by atoms with E-state index in [1.807, 2.05) is 4.90 Å². The number of benzene rings is 1. The van der Waals surface area contributed by atoms with Gasteiger partial charge in [0.15, 0.2) is 0 Å². The minimum atomic E-state index is -0.485. The van der Waals surface area contributed by atoms with E-state index in [0.29, 0.717) is 43.1 Å². The highest BCUT2D eigenvalue weighted by Crippen LogP contribution is 2.31. The topological polar surface area (TPSA) is 135 Å². The van der Waals surface area contributed by atoms with Crippen molar-refractivity contribution in [3.63, 3.8) is 0 Å². The third-order valence-corrected chi connectivity index (χ3v) is 4.59. The molecule has 1 unspecified atom stereocenters. The molecule has 1 saturated heterocycles. The van der Waals surface area contributed by atoms with E-state index in [4.69, 9.17) is 5.41 Å². The molecule has 136 valence electrons. The number of piperazine rings is 1. The van der Waals surface area contributed by atoms with Gasteiger partial charge in [-0.3, -0.25) is 14.9 Å². The van der Waals surface area contributed by atoms with Crippen LogP contribution in [-0.4, -0.2) is 65.0 Å². The highest BCUT2D eigenvalue weighted by atomic mass is 16.6. The summed E-state index contributed by atoms with van der Waals surface area (Å²) in [6.45, 7) is 2.01. The largest absolute Gasteiger partial charge is 0.396 e. The van der Waals surface area contributed by atoms with Crippen molar-refractivity contribution in [2.75, 3.05) is 37.7 Å². The van der Waals surface area contributed by atoms with E-state index in [1.54, 1.807) is 16.7 Å². The number of amides is 1. The number of carbonyl (C=O) groups excluding carboxylic acids is 1. The van der Waals surface area contributed by atoms with Gasteiger partial charge in [0, 0.05) is 24.0 Å². The van der Waals surface area contributed by atoms with Gasteiger partial charge < -0.3 is 10.0 Å². The van der Waals surface area contributed by atoms with E-state index in [2.05, 4.69) is 16.5 Å². The molecule has 0 radical (unpaired) electrons. The second-order valence-corrected chi connectivity index (χ2v) is 6.16. The van der Waals surface area contributed by atoms with Gasteiger partial charge in [0.1, 0.15) is 18.8 Å². The second kappa shape index (κ2) is 7.42. The number of anilines is 1. The molecule has 2 aliphatic rings. The molecule has 0 saturated carbocycles. The van der Waals surface area contributed by atoms with Crippen molar-refractivity contribution >= 4 is 29.0 Å².